The van der Waals surface area contributed by atoms with Crippen LogP contribution in [0, 0.1) is 0 Å². The van der Waals surface area contributed by atoms with Gasteiger partial charge in [0.1, 0.15) is 0 Å². The molecule has 0 N–H and O–H groups in total. The third-order valence-electron chi connectivity index (χ3n) is 4.65. The molecule has 0 spiro atoms. The number of benzene rings is 2. The number of aromatic nitrogens is 4. The zero-order chi connectivity index (χ0) is 20.3. The van der Waals surface area contributed by atoms with E-state index < -0.39 is 0 Å². The van der Waals surface area contributed by atoms with Crippen LogP contribution in [-0.2, 0) is 22.6 Å². The number of carbonyl (C=O) groups excluding carboxylic acids is 1. The minimum atomic E-state index is -0.207. The Morgan fingerprint density at radius 1 is 1.00 bits per heavy atom. The smallest absolute Gasteiger partial charge is 0.319 e. The molecule has 1 aromatic heterocycles. The highest BCUT2D eigenvalue weighted by atomic mass is 16.5. The van der Waals surface area contributed by atoms with Gasteiger partial charge in [-0.15, -0.1) is 10.2 Å². The second-order valence-electron chi connectivity index (χ2n) is 6.91. The van der Waals surface area contributed by atoms with Crippen molar-refractivity contribution >= 4 is 5.97 Å². The average molecular weight is 393 g/mol. The summed E-state index contributed by atoms with van der Waals surface area (Å²) in [6.07, 6.45) is 2.97. The molecule has 152 valence electrons. The lowest BCUT2D eigenvalue weighted by molar-refractivity contribution is -0.142. The Morgan fingerprint density at radius 3 is 2.45 bits per heavy atom. The molecule has 3 aromatic rings. The summed E-state index contributed by atoms with van der Waals surface area (Å²) in [5.74, 6) is 0.443. The van der Waals surface area contributed by atoms with Crippen LogP contribution in [0.3, 0.4) is 0 Å². The van der Waals surface area contributed by atoms with Crippen LogP contribution in [0.15, 0.2) is 60.7 Å². The predicted molar refractivity (Wildman–Crippen MR) is 111 cm³/mol. The summed E-state index contributed by atoms with van der Waals surface area (Å²) < 4.78 is 4.84. The van der Waals surface area contributed by atoms with Crippen LogP contribution in [0.5, 0.6) is 0 Å². The van der Waals surface area contributed by atoms with Gasteiger partial charge in [-0.3, -0.25) is 9.69 Å². The van der Waals surface area contributed by atoms with Crippen LogP contribution in [0.25, 0.3) is 11.4 Å². The number of unbranched alkanes of at least 4 members (excludes halogenated alkanes) is 2. The van der Waals surface area contributed by atoms with Gasteiger partial charge in [0.25, 0.3) is 0 Å². The molecule has 0 unspecified atom stereocenters. The molecule has 2 aromatic carbocycles. The molecule has 0 aliphatic heterocycles. The van der Waals surface area contributed by atoms with E-state index >= 15 is 0 Å². The minimum Gasteiger partial charge on any atom is -0.468 e. The third kappa shape index (κ3) is 6.80. The number of carbonyl (C=O) groups is 1. The molecule has 0 aliphatic carbocycles. The largest absolute Gasteiger partial charge is 0.468 e. The van der Waals surface area contributed by atoms with Gasteiger partial charge in [-0.05, 0) is 30.2 Å². The van der Waals surface area contributed by atoms with Crippen molar-refractivity contribution in [3.63, 3.8) is 0 Å². The van der Waals surface area contributed by atoms with Crippen LogP contribution in [0.2, 0.25) is 0 Å². The maximum Gasteiger partial charge on any atom is 0.319 e. The highest BCUT2D eigenvalue weighted by Crippen LogP contribution is 2.12. The number of nitrogens with zero attached hydrogens (tertiary/aromatic N) is 5. The summed E-state index contributed by atoms with van der Waals surface area (Å²) in [4.78, 5) is 15.5. The van der Waals surface area contributed by atoms with Crippen molar-refractivity contribution in [2.45, 2.75) is 32.4 Å². The molecule has 0 fully saturated rings. The summed E-state index contributed by atoms with van der Waals surface area (Å²) in [5, 5.41) is 12.7. The Morgan fingerprint density at radius 2 is 1.72 bits per heavy atom. The van der Waals surface area contributed by atoms with Crippen LogP contribution < -0.4 is 0 Å². The van der Waals surface area contributed by atoms with Gasteiger partial charge >= 0.3 is 5.97 Å². The first kappa shape index (κ1) is 20.7. The monoisotopic (exact) mass is 393 g/mol. The SMILES string of the molecule is COC(=O)CN(CCCCCn1nnc(-c2ccccc2)n1)Cc1ccccc1. The Balaban J connectivity index is 1.42. The zero-order valence-electron chi connectivity index (χ0n) is 16.8. The molecular formula is C22H27N5O2. The summed E-state index contributed by atoms with van der Waals surface area (Å²) >= 11 is 0. The molecular weight excluding hydrogens is 366 g/mol. The molecule has 1 heterocycles. The minimum absolute atomic E-state index is 0.207. The molecule has 0 radical (unpaired) electrons. The van der Waals surface area contributed by atoms with Crippen LogP contribution in [-0.4, -0.2) is 51.3 Å². The molecule has 0 aliphatic rings. The van der Waals surface area contributed by atoms with Gasteiger partial charge in [-0.25, -0.2) is 0 Å². The lowest BCUT2D eigenvalue weighted by atomic mass is 10.2. The molecule has 0 saturated heterocycles. The van der Waals surface area contributed by atoms with Crippen molar-refractivity contribution in [1.29, 1.82) is 0 Å². The molecule has 0 atom stereocenters. The number of esters is 1. The predicted octanol–water partition coefficient (Wildman–Crippen LogP) is 3.19. The molecule has 0 amide bonds. The van der Waals surface area contributed by atoms with Gasteiger partial charge in [0, 0.05) is 12.1 Å². The fourth-order valence-electron chi connectivity index (χ4n) is 3.11. The summed E-state index contributed by atoms with van der Waals surface area (Å²) in [5.41, 5.74) is 2.16. The number of ether oxygens (including phenoxy) is 1. The zero-order valence-corrected chi connectivity index (χ0v) is 16.8. The number of rotatable bonds is 11. The summed E-state index contributed by atoms with van der Waals surface area (Å²) in [7, 11) is 1.43. The Bertz CT molecular complexity index is 867. The first-order valence-corrected chi connectivity index (χ1v) is 9.91. The van der Waals surface area contributed by atoms with Gasteiger partial charge in [-0.1, -0.05) is 67.1 Å². The van der Waals surface area contributed by atoms with E-state index in [-0.39, 0.29) is 5.97 Å². The van der Waals surface area contributed by atoms with E-state index in [4.69, 9.17) is 4.74 Å². The van der Waals surface area contributed by atoms with Crippen molar-refractivity contribution in [3.05, 3.63) is 66.2 Å². The standard InChI is InChI=1S/C22H27N5O2/c1-29-21(28)18-26(17-19-11-5-2-6-12-19)15-9-4-10-16-27-24-22(23-25-27)20-13-7-3-8-14-20/h2-3,5-8,11-14H,4,9-10,15-18H2,1H3. The van der Waals surface area contributed by atoms with Gasteiger partial charge < -0.3 is 4.74 Å². The van der Waals surface area contributed by atoms with E-state index in [1.54, 1.807) is 4.80 Å². The first-order valence-electron chi connectivity index (χ1n) is 9.91. The third-order valence-corrected chi connectivity index (χ3v) is 4.65. The van der Waals surface area contributed by atoms with Crippen molar-refractivity contribution in [3.8, 4) is 11.4 Å². The number of tetrazole rings is 1. The summed E-state index contributed by atoms with van der Waals surface area (Å²) in [6, 6.07) is 20.0. The molecule has 3 rings (SSSR count). The Hall–Kier alpha value is -3.06. The van der Waals surface area contributed by atoms with E-state index in [2.05, 4.69) is 32.4 Å². The van der Waals surface area contributed by atoms with Crippen molar-refractivity contribution in [2.75, 3.05) is 20.2 Å². The van der Waals surface area contributed by atoms with E-state index in [0.717, 1.165) is 44.5 Å². The highest BCUT2D eigenvalue weighted by Gasteiger charge is 2.11. The molecule has 29 heavy (non-hydrogen) atoms. The lowest BCUT2D eigenvalue weighted by Crippen LogP contribution is -2.31. The van der Waals surface area contributed by atoms with E-state index in [1.807, 2.05) is 48.5 Å². The molecule has 0 bridgehead atoms. The lowest BCUT2D eigenvalue weighted by Gasteiger charge is -2.21. The fourth-order valence-corrected chi connectivity index (χ4v) is 3.11. The maximum absolute atomic E-state index is 11.7. The van der Waals surface area contributed by atoms with Crippen molar-refractivity contribution < 1.29 is 9.53 Å². The van der Waals surface area contributed by atoms with E-state index in [1.165, 1.54) is 12.7 Å². The van der Waals surface area contributed by atoms with Crippen molar-refractivity contribution in [1.82, 2.24) is 25.1 Å². The van der Waals surface area contributed by atoms with E-state index in [0.29, 0.717) is 12.4 Å². The Kier molecular flexibility index (Phi) is 7.89. The molecule has 7 nitrogen and oxygen atoms in total. The van der Waals surface area contributed by atoms with Gasteiger partial charge in [0.2, 0.25) is 5.82 Å². The van der Waals surface area contributed by atoms with Crippen LogP contribution in [0.1, 0.15) is 24.8 Å². The van der Waals surface area contributed by atoms with E-state index in [9.17, 15) is 4.79 Å². The fraction of sp³-hybridized carbons (Fsp3) is 0.364. The second-order valence-corrected chi connectivity index (χ2v) is 6.91. The Labute approximate surface area is 171 Å². The number of hydrogen-bond acceptors (Lipinski definition) is 6. The first-order chi connectivity index (χ1) is 14.2. The quantitative estimate of drug-likeness (QED) is 0.368. The number of methoxy groups -OCH3 is 1. The van der Waals surface area contributed by atoms with Gasteiger partial charge in [0.15, 0.2) is 0 Å². The number of aryl methyl sites for hydroxylation is 1. The average Bonchev–Trinajstić information content (AvgIpc) is 3.23. The van der Waals surface area contributed by atoms with Gasteiger partial charge in [0.05, 0.1) is 20.2 Å². The summed E-state index contributed by atoms with van der Waals surface area (Å²) in [6.45, 7) is 2.61. The normalized spacial score (nSPS) is 11.0. The molecule has 7 heteroatoms. The van der Waals surface area contributed by atoms with Crippen LogP contribution in [0.4, 0.5) is 0 Å². The highest BCUT2D eigenvalue weighted by molar-refractivity contribution is 5.71. The topological polar surface area (TPSA) is 73.1 Å². The number of hydrogen-bond donors (Lipinski definition) is 0. The molecule has 0 saturated carbocycles. The second kappa shape index (κ2) is 11.1. The van der Waals surface area contributed by atoms with Gasteiger partial charge in [-0.2, -0.15) is 4.80 Å². The maximum atomic E-state index is 11.7. The van der Waals surface area contributed by atoms with Crippen molar-refractivity contribution in [2.24, 2.45) is 0 Å². The van der Waals surface area contributed by atoms with Crippen LogP contribution >= 0.6 is 0 Å².